The third-order valence-electron chi connectivity index (χ3n) is 6.16. The van der Waals surface area contributed by atoms with Gasteiger partial charge >= 0.3 is 6.09 Å². The molecule has 4 amide bonds. The lowest BCUT2D eigenvalue weighted by molar-refractivity contribution is -0.143. The molecule has 10 heteroatoms. The first-order valence-corrected chi connectivity index (χ1v) is 14.0. The summed E-state index contributed by atoms with van der Waals surface area (Å²) in [7, 11) is 0. The van der Waals surface area contributed by atoms with Crippen LogP contribution < -0.4 is 16.4 Å². The molecule has 0 aliphatic rings. The number of alkyl carbamates (subject to hydrolysis) is 1. The lowest BCUT2D eigenvalue weighted by Gasteiger charge is -2.35. The Hall–Kier alpha value is -3.30. The normalized spacial score (nSPS) is 12.8. The van der Waals surface area contributed by atoms with Crippen LogP contribution in [0.1, 0.15) is 103 Å². The number of carbonyl (C=O) groups excluding carboxylic acids is 4. The van der Waals surface area contributed by atoms with E-state index >= 15 is 0 Å². The van der Waals surface area contributed by atoms with E-state index in [4.69, 9.17) is 10.5 Å². The molecular weight excluding hydrogens is 500 g/mol. The van der Waals surface area contributed by atoms with Gasteiger partial charge in [-0.3, -0.25) is 14.4 Å². The van der Waals surface area contributed by atoms with Gasteiger partial charge in [0.1, 0.15) is 23.4 Å². The molecule has 2 atom stereocenters. The van der Waals surface area contributed by atoms with Gasteiger partial charge in [0.15, 0.2) is 0 Å². The maximum atomic E-state index is 14.1. The number of aryl methyl sites for hydroxylation is 1. The molecule has 0 aliphatic carbocycles. The van der Waals surface area contributed by atoms with Crippen LogP contribution in [0.3, 0.4) is 0 Å². The topological polar surface area (TPSA) is 151 Å². The monoisotopic (exact) mass is 548 g/mol. The van der Waals surface area contributed by atoms with Crippen molar-refractivity contribution in [3.8, 4) is 5.75 Å². The van der Waals surface area contributed by atoms with E-state index in [-0.39, 0.29) is 25.1 Å². The number of nitrogens with two attached hydrogens (primary N) is 1. The second kappa shape index (κ2) is 16.6. The summed E-state index contributed by atoms with van der Waals surface area (Å²) in [4.78, 5) is 53.4. The van der Waals surface area contributed by atoms with Crippen LogP contribution in [0, 0.1) is 6.92 Å². The zero-order valence-electron chi connectivity index (χ0n) is 24.5. The van der Waals surface area contributed by atoms with E-state index in [2.05, 4.69) is 17.6 Å². The highest BCUT2D eigenvalue weighted by molar-refractivity contribution is 5.93. The number of benzene rings is 1. The largest absolute Gasteiger partial charge is 0.507 e. The molecule has 0 aliphatic heterocycles. The van der Waals surface area contributed by atoms with Gasteiger partial charge in [-0.25, -0.2) is 4.79 Å². The fourth-order valence-corrected chi connectivity index (χ4v) is 4.11. The molecule has 0 fully saturated rings. The number of carbonyl (C=O) groups is 4. The maximum absolute atomic E-state index is 14.1. The summed E-state index contributed by atoms with van der Waals surface area (Å²) in [5.41, 5.74) is 5.41. The average molecular weight is 549 g/mol. The molecule has 0 saturated heterocycles. The van der Waals surface area contributed by atoms with Crippen molar-refractivity contribution in [2.75, 3.05) is 13.1 Å². The van der Waals surface area contributed by atoms with Crippen LogP contribution >= 0.6 is 0 Å². The number of nitrogens with one attached hydrogen (secondary N) is 2. The van der Waals surface area contributed by atoms with Crippen molar-refractivity contribution >= 4 is 23.8 Å². The number of ether oxygens (including phenoxy) is 1. The molecular formula is C29H48N4O6. The second-order valence-corrected chi connectivity index (χ2v) is 10.9. The average Bonchev–Trinajstić information content (AvgIpc) is 2.84. The number of hydrogen-bond donors (Lipinski definition) is 4. The van der Waals surface area contributed by atoms with E-state index in [1.54, 1.807) is 45.9 Å². The third kappa shape index (κ3) is 12.0. The third-order valence-corrected chi connectivity index (χ3v) is 6.16. The number of amides is 4. The van der Waals surface area contributed by atoms with E-state index in [1.807, 2.05) is 6.92 Å². The number of phenolic OH excluding ortho intramolecular Hbond substituents is 1. The SMILES string of the molecule is CCCCCCN(C(=O)C(CCC(N)=O)NC(=O)OC(C)(C)C)C(C(=O)NCCCC)c1cccc(C)c1O. The van der Waals surface area contributed by atoms with Crippen molar-refractivity contribution in [3.05, 3.63) is 29.3 Å². The van der Waals surface area contributed by atoms with Gasteiger partial charge in [-0.05, 0) is 52.5 Å². The molecule has 1 aromatic rings. The van der Waals surface area contributed by atoms with E-state index in [0.717, 1.165) is 32.1 Å². The molecule has 0 spiro atoms. The molecule has 1 aromatic carbocycles. The van der Waals surface area contributed by atoms with E-state index in [1.165, 1.54) is 4.90 Å². The first kappa shape index (κ1) is 33.7. The van der Waals surface area contributed by atoms with Crippen LogP contribution in [0.5, 0.6) is 5.75 Å². The zero-order chi connectivity index (χ0) is 29.6. The van der Waals surface area contributed by atoms with Crippen LogP contribution in [0.4, 0.5) is 4.79 Å². The van der Waals surface area contributed by atoms with Crippen molar-refractivity contribution in [2.45, 2.75) is 111 Å². The Bertz CT molecular complexity index is 960. The van der Waals surface area contributed by atoms with E-state index < -0.39 is 41.5 Å². The first-order chi connectivity index (χ1) is 18.3. The molecule has 0 radical (unpaired) electrons. The quantitative estimate of drug-likeness (QED) is 0.227. The highest BCUT2D eigenvalue weighted by atomic mass is 16.6. The Labute approximate surface area is 233 Å². The number of unbranched alkanes of at least 4 members (excludes halogenated alkanes) is 4. The van der Waals surface area contributed by atoms with Crippen LogP contribution in [0.25, 0.3) is 0 Å². The van der Waals surface area contributed by atoms with Crippen LogP contribution in [0.2, 0.25) is 0 Å². The molecule has 1 rings (SSSR count). The van der Waals surface area contributed by atoms with Crippen molar-refractivity contribution in [3.63, 3.8) is 0 Å². The number of nitrogens with zero attached hydrogens (tertiary/aromatic N) is 1. The van der Waals surface area contributed by atoms with Gasteiger partial charge in [-0.1, -0.05) is 57.7 Å². The summed E-state index contributed by atoms with van der Waals surface area (Å²) in [5.74, 6) is -1.69. The molecule has 0 aromatic heterocycles. The molecule has 0 heterocycles. The van der Waals surface area contributed by atoms with E-state index in [9.17, 15) is 24.3 Å². The van der Waals surface area contributed by atoms with Crippen LogP contribution in [-0.2, 0) is 19.1 Å². The van der Waals surface area contributed by atoms with Crippen molar-refractivity contribution in [2.24, 2.45) is 5.73 Å². The van der Waals surface area contributed by atoms with E-state index in [0.29, 0.717) is 24.1 Å². The van der Waals surface area contributed by atoms with Crippen molar-refractivity contribution in [1.29, 1.82) is 0 Å². The number of phenols is 1. The zero-order valence-corrected chi connectivity index (χ0v) is 24.5. The van der Waals surface area contributed by atoms with Crippen LogP contribution in [0.15, 0.2) is 18.2 Å². The van der Waals surface area contributed by atoms with Gasteiger partial charge in [0.2, 0.25) is 17.7 Å². The Balaban J connectivity index is 3.55. The summed E-state index contributed by atoms with van der Waals surface area (Å²) in [6.07, 6.45) is 3.96. The Morgan fingerprint density at radius 2 is 1.72 bits per heavy atom. The highest BCUT2D eigenvalue weighted by Crippen LogP contribution is 2.33. The molecule has 2 unspecified atom stereocenters. The molecule has 0 saturated carbocycles. The minimum Gasteiger partial charge on any atom is -0.507 e. The van der Waals surface area contributed by atoms with Gasteiger partial charge in [-0.2, -0.15) is 0 Å². The number of hydrogen-bond acceptors (Lipinski definition) is 6. The van der Waals surface area contributed by atoms with Gasteiger partial charge in [0.05, 0.1) is 0 Å². The standard InChI is InChI=1S/C29H48N4O6/c1-7-9-11-12-19-33(27(37)22(16-17-23(30)34)32-28(38)39-29(4,5)6)24(26(36)31-18-10-8-2)21-15-13-14-20(3)25(21)35/h13-15,22,24,35H,7-12,16-19H2,1-6H3,(H2,30,34)(H,31,36)(H,32,38). The summed E-state index contributed by atoms with van der Waals surface area (Å²) >= 11 is 0. The summed E-state index contributed by atoms with van der Waals surface area (Å²) < 4.78 is 5.35. The lowest BCUT2D eigenvalue weighted by Crippen LogP contribution is -2.53. The van der Waals surface area contributed by atoms with Gasteiger partial charge in [-0.15, -0.1) is 0 Å². The minimum atomic E-state index is -1.17. The Morgan fingerprint density at radius 3 is 2.31 bits per heavy atom. The first-order valence-electron chi connectivity index (χ1n) is 14.0. The smallest absolute Gasteiger partial charge is 0.408 e. The predicted molar refractivity (Wildman–Crippen MR) is 151 cm³/mol. The second-order valence-electron chi connectivity index (χ2n) is 10.9. The summed E-state index contributed by atoms with van der Waals surface area (Å²) in [6.45, 7) is 11.5. The van der Waals surface area contributed by atoms with Gasteiger partial charge in [0.25, 0.3) is 0 Å². The molecule has 39 heavy (non-hydrogen) atoms. The fraction of sp³-hybridized carbons (Fsp3) is 0.655. The summed E-state index contributed by atoms with van der Waals surface area (Å²) in [5, 5.41) is 16.4. The molecule has 10 nitrogen and oxygen atoms in total. The summed E-state index contributed by atoms with van der Waals surface area (Å²) in [6, 6.07) is 2.75. The molecule has 220 valence electrons. The predicted octanol–water partition coefficient (Wildman–Crippen LogP) is 4.23. The Morgan fingerprint density at radius 1 is 1.05 bits per heavy atom. The fourth-order valence-electron chi connectivity index (χ4n) is 4.11. The number of primary amides is 1. The maximum Gasteiger partial charge on any atom is 0.408 e. The van der Waals surface area contributed by atoms with Gasteiger partial charge < -0.3 is 31.1 Å². The lowest BCUT2D eigenvalue weighted by atomic mass is 9.98. The van der Waals surface area contributed by atoms with Crippen molar-refractivity contribution < 1.29 is 29.0 Å². The Kier molecular flexibility index (Phi) is 14.4. The minimum absolute atomic E-state index is 0.0666. The number of para-hydroxylation sites is 1. The highest BCUT2D eigenvalue weighted by Gasteiger charge is 2.37. The van der Waals surface area contributed by atoms with Crippen LogP contribution in [-0.4, -0.2) is 58.6 Å². The number of rotatable bonds is 16. The number of aromatic hydroxyl groups is 1. The molecule has 0 bridgehead atoms. The van der Waals surface area contributed by atoms with Gasteiger partial charge in [0, 0.05) is 25.1 Å². The van der Waals surface area contributed by atoms with Crippen molar-refractivity contribution in [1.82, 2.24) is 15.5 Å². The molecule has 5 N–H and O–H groups in total.